The third-order valence-electron chi connectivity index (χ3n) is 2.48. The molecule has 1 atom stereocenters. The fraction of sp³-hybridized carbons (Fsp3) is 0.364. The zero-order chi connectivity index (χ0) is 12.3. The van der Waals surface area contributed by atoms with Crippen molar-refractivity contribution in [3.63, 3.8) is 0 Å². The van der Waals surface area contributed by atoms with E-state index in [-0.39, 0.29) is 24.3 Å². The Morgan fingerprint density at radius 2 is 2.19 bits per heavy atom. The summed E-state index contributed by atoms with van der Waals surface area (Å²) in [5, 5.41) is 18.4. The summed E-state index contributed by atoms with van der Waals surface area (Å²) in [5.74, 6) is -2.62. The van der Waals surface area contributed by atoms with Crippen molar-refractivity contribution in [2.75, 3.05) is 6.54 Å². The summed E-state index contributed by atoms with van der Waals surface area (Å²) in [5.41, 5.74) is 5.89. The summed E-state index contributed by atoms with van der Waals surface area (Å²) in [7, 11) is 0. The van der Waals surface area contributed by atoms with E-state index in [4.69, 9.17) is 10.8 Å². The first kappa shape index (κ1) is 12.4. The predicted octanol–water partition coefficient (Wildman–Crippen LogP) is 1.36. The molecular weight excluding hydrogens is 213 g/mol. The maximum atomic E-state index is 13.5. The van der Waals surface area contributed by atoms with E-state index >= 15 is 0 Å². The fourth-order valence-corrected chi connectivity index (χ4v) is 1.59. The number of benzene rings is 1. The highest BCUT2D eigenvalue weighted by molar-refractivity contribution is 5.68. The van der Waals surface area contributed by atoms with Crippen LogP contribution < -0.4 is 5.73 Å². The average Bonchev–Trinajstić information content (AvgIpc) is 2.22. The smallest absolute Gasteiger partial charge is 0.304 e. The fourth-order valence-electron chi connectivity index (χ4n) is 1.59. The van der Waals surface area contributed by atoms with Gasteiger partial charge in [-0.25, -0.2) is 4.39 Å². The molecule has 0 aliphatic carbocycles. The molecular formula is C11H14FNO3. The van der Waals surface area contributed by atoms with Crippen LogP contribution in [0.2, 0.25) is 0 Å². The summed E-state index contributed by atoms with van der Waals surface area (Å²) in [6, 6.07) is 2.64. The number of aryl methyl sites for hydroxylation is 1. The van der Waals surface area contributed by atoms with E-state index < -0.39 is 17.7 Å². The lowest BCUT2D eigenvalue weighted by atomic mass is 9.93. The Morgan fingerprint density at radius 1 is 1.56 bits per heavy atom. The number of phenols is 1. The van der Waals surface area contributed by atoms with E-state index in [1.807, 2.05) is 0 Å². The number of carboxylic acids is 1. The molecule has 0 aliphatic heterocycles. The zero-order valence-electron chi connectivity index (χ0n) is 8.90. The Morgan fingerprint density at radius 3 is 2.69 bits per heavy atom. The molecule has 0 amide bonds. The Labute approximate surface area is 92.5 Å². The molecule has 0 bridgehead atoms. The van der Waals surface area contributed by atoms with Crippen LogP contribution in [-0.4, -0.2) is 22.7 Å². The van der Waals surface area contributed by atoms with E-state index in [9.17, 15) is 14.3 Å². The monoisotopic (exact) mass is 227 g/mol. The van der Waals surface area contributed by atoms with Crippen molar-refractivity contribution < 1.29 is 19.4 Å². The molecule has 5 heteroatoms. The minimum absolute atomic E-state index is 0.00935. The average molecular weight is 227 g/mol. The number of nitrogens with two attached hydrogens (primary N) is 1. The molecule has 88 valence electrons. The van der Waals surface area contributed by atoms with Gasteiger partial charge in [0, 0.05) is 11.5 Å². The third kappa shape index (κ3) is 2.49. The van der Waals surface area contributed by atoms with Crippen molar-refractivity contribution in [2.45, 2.75) is 19.3 Å². The van der Waals surface area contributed by atoms with Crippen LogP contribution in [0.15, 0.2) is 12.1 Å². The number of carboxylic acid groups (broad SMARTS) is 1. The summed E-state index contributed by atoms with van der Waals surface area (Å²) in [6.07, 6.45) is -0.301. The Balaban J connectivity index is 3.18. The number of hydrogen-bond acceptors (Lipinski definition) is 3. The molecule has 0 fully saturated rings. The highest BCUT2D eigenvalue weighted by Crippen LogP contribution is 2.32. The largest absolute Gasteiger partial charge is 0.507 e. The van der Waals surface area contributed by atoms with Crippen molar-refractivity contribution >= 4 is 5.97 Å². The maximum Gasteiger partial charge on any atom is 0.304 e. The normalized spacial score (nSPS) is 12.4. The molecule has 1 rings (SSSR count). The molecule has 0 saturated carbocycles. The van der Waals surface area contributed by atoms with Crippen LogP contribution in [-0.2, 0) is 4.79 Å². The van der Waals surface area contributed by atoms with E-state index in [0.717, 1.165) is 0 Å². The van der Waals surface area contributed by atoms with Gasteiger partial charge in [-0.3, -0.25) is 4.79 Å². The molecule has 1 aromatic carbocycles. The maximum absolute atomic E-state index is 13.5. The first-order chi connectivity index (χ1) is 7.47. The van der Waals surface area contributed by atoms with Gasteiger partial charge in [-0.15, -0.1) is 0 Å². The van der Waals surface area contributed by atoms with Crippen LogP contribution in [0.1, 0.15) is 23.5 Å². The second-order valence-corrected chi connectivity index (χ2v) is 3.66. The Hall–Kier alpha value is -1.62. The van der Waals surface area contributed by atoms with Gasteiger partial charge in [0.15, 0.2) is 0 Å². The minimum atomic E-state index is -1.07. The number of halogens is 1. The van der Waals surface area contributed by atoms with E-state index in [1.165, 1.54) is 12.1 Å². The molecule has 1 unspecified atom stereocenters. The quantitative estimate of drug-likeness (QED) is 0.725. The molecule has 0 aliphatic rings. The van der Waals surface area contributed by atoms with E-state index in [0.29, 0.717) is 5.56 Å². The lowest BCUT2D eigenvalue weighted by Gasteiger charge is -2.16. The first-order valence-electron chi connectivity index (χ1n) is 4.87. The minimum Gasteiger partial charge on any atom is -0.507 e. The predicted molar refractivity (Wildman–Crippen MR) is 56.9 cm³/mol. The van der Waals surface area contributed by atoms with Gasteiger partial charge < -0.3 is 15.9 Å². The molecule has 0 aromatic heterocycles. The van der Waals surface area contributed by atoms with Crippen LogP contribution in [0, 0.1) is 12.7 Å². The van der Waals surface area contributed by atoms with Crippen molar-refractivity contribution in [3.05, 3.63) is 29.1 Å². The third-order valence-corrected chi connectivity index (χ3v) is 2.48. The number of hydrogen-bond donors (Lipinski definition) is 3. The SMILES string of the molecule is Cc1ccc(F)c(C(CN)CC(=O)O)c1O. The van der Waals surface area contributed by atoms with Gasteiger partial charge in [0.2, 0.25) is 0 Å². The Bertz CT molecular complexity index is 406. The van der Waals surface area contributed by atoms with Gasteiger partial charge in [0.05, 0.1) is 6.42 Å². The van der Waals surface area contributed by atoms with Crippen molar-refractivity contribution in [2.24, 2.45) is 5.73 Å². The van der Waals surface area contributed by atoms with Crippen LogP contribution in [0.5, 0.6) is 5.75 Å². The van der Waals surface area contributed by atoms with Gasteiger partial charge in [-0.2, -0.15) is 0 Å². The van der Waals surface area contributed by atoms with Gasteiger partial charge in [-0.05, 0) is 25.1 Å². The Kier molecular flexibility index (Phi) is 3.84. The number of phenolic OH excluding ortho intramolecular Hbond substituents is 1. The summed E-state index contributed by atoms with van der Waals surface area (Å²) >= 11 is 0. The molecule has 16 heavy (non-hydrogen) atoms. The van der Waals surface area contributed by atoms with Crippen LogP contribution in [0.3, 0.4) is 0 Å². The van der Waals surface area contributed by atoms with Crippen LogP contribution in [0.25, 0.3) is 0 Å². The van der Waals surface area contributed by atoms with Gasteiger partial charge >= 0.3 is 5.97 Å². The van der Waals surface area contributed by atoms with Crippen LogP contribution >= 0.6 is 0 Å². The summed E-state index contributed by atoms with van der Waals surface area (Å²) in [4.78, 5) is 10.6. The second kappa shape index (κ2) is 4.94. The van der Waals surface area contributed by atoms with Gasteiger partial charge in [-0.1, -0.05) is 6.07 Å². The number of carbonyl (C=O) groups is 1. The molecule has 1 aromatic rings. The first-order valence-corrected chi connectivity index (χ1v) is 4.87. The summed E-state index contributed by atoms with van der Waals surface area (Å²) < 4.78 is 13.5. The molecule has 4 nitrogen and oxygen atoms in total. The molecule has 4 N–H and O–H groups in total. The highest BCUT2D eigenvalue weighted by Gasteiger charge is 2.22. The molecule has 0 saturated heterocycles. The standard InChI is InChI=1S/C11H14FNO3/c1-6-2-3-8(12)10(11(6)16)7(5-13)4-9(14)15/h2-3,7,16H,4-5,13H2,1H3,(H,14,15). The lowest BCUT2D eigenvalue weighted by Crippen LogP contribution is -2.18. The van der Waals surface area contributed by atoms with Crippen molar-refractivity contribution in [3.8, 4) is 5.75 Å². The van der Waals surface area contributed by atoms with E-state index in [2.05, 4.69) is 0 Å². The van der Waals surface area contributed by atoms with Gasteiger partial charge in [0.25, 0.3) is 0 Å². The van der Waals surface area contributed by atoms with Crippen molar-refractivity contribution in [1.82, 2.24) is 0 Å². The number of rotatable bonds is 4. The van der Waals surface area contributed by atoms with Gasteiger partial charge in [0.1, 0.15) is 11.6 Å². The summed E-state index contributed by atoms with van der Waals surface area (Å²) in [6.45, 7) is 1.59. The van der Waals surface area contributed by atoms with E-state index in [1.54, 1.807) is 6.92 Å². The number of aliphatic carboxylic acids is 1. The lowest BCUT2D eigenvalue weighted by molar-refractivity contribution is -0.137. The van der Waals surface area contributed by atoms with Crippen molar-refractivity contribution in [1.29, 1.82) is 0 Å². The van der Waals surface area contributed by atoms with Crippen LogP contribution in [0.4, 0.5) is 4.39 Å². The second-order valence-electron chi connectivity index (χ2n) is 3.66. The number of aromatic hydroxyl groups is 1. The molecule has 0 spiro atoms. The topological polar surface area (TPSA) is 83.6 Å². The zero-order valence-corrected chi connectivity index (χ0v) is 8.90. The highest BCUT2D eigenvalue weighted by atomic mass is 19.1. The molecule has 0 heterocycles. The molecule has 0 radical (unpaired) electrons.